The summed E-state index contributed by atoms with van der Waals surface area (Å²) in [5.41, 5.74) is 1.56. The van der Waals surface area contributed by atoms with Gasteiger partial charge in [0.1, 0.15) is 5.82 Å². The minimum Gasteiger partial charge on any atom is -0.376 e. The molecule has 0 bridgehead atoms. The van der Waals surface area contributed by atoms with Crippen LogP contribution < -0.4 is 0 Å². The number of nitrogens with zero attached hydrogens (tertiary/aromatic N) is 1. The van der Waals surface area contributed by atoms with Crippen LogP contribution in [0.25, 0.3) is 11.0 Å². The molecule has 2 unspecified atom stereocenters. The largest absolute Gasteiger partial charge is 0.376 e. The topological polar surface area (TPSA) is 29.9 Å². The van der Waals surface area contributed by atoms with Crippen molar-refractivity contribution < 1.29 is 9.13 Å². The van der Waals surface area contributed by atoms with Crippen molar-refractivity contribution >= 4 is 34.9 Å². The van der Waals surface area contributed by atoms with E-state index in [0.717, 1.165) is 24.1 Å². The smallest absolute Gasteiger partial charge is 0.178 e. The predicted octanol–water partition coefficient (Wildman–Crippen LogP) is 4.23. The normalized spacial score (nSPS) is 26.5. The second kappa shape index (κ2) is 4.55. The van der Waals surface area contributed by atoms with Crippen molar-refractivity contribution in [3.63, 3.8) is 0 Å². The first-order chi connectivity index (χ1) is 9.65. The van der Waals surface area contributed by atoms with Crippen LogP contribution >= 0.6 is 23.8 Å². The summed E-state index contributed by atoms with van der Waals surface area (Å²) in [5.74, 6) is 0.218. The third kappa shape index (κ3) is 1.91. The van der Waals surface area contributed by atoms with Gasteiger partial charge in [0.25, 0.3) is 0 Å². The van der Waals surface area contributed by atoms with E-state index in [0.29, 0.717) is 10.7 Å². The Morgan fingerprint density at radius 2 is 2.15 bits per heavy atom. The first kappa shape index (κ1) is 12.8. The number of rotatable bonds is 2. The summed E-state index contributed by atoms with van der Waals surface area (Å²) in [4.78, 5) is 3.12. The number of nitrogens with one attached hydrogen (secondary N) is 1. The summed E-state index contributed by atoms with van der Waals surface area (Å²) in [5, 5.41) is 0.113. The molecule has 2 fully saturated rings. The van der Waals surface area contributed by atoms with Gasteiger partial charge in [-0.15, -0.1) is 0 Å². The van der Waals surface area contributed by atoms with Crippen LogP contribution in [0.15, 0.2) is 12.1 Å². The van der Waals surface area contributed by atoms with Gasteiger partial charge < -0.3 is 14.3 Å². The van der Waals surface area contributed by atoms with Gasteiger partial charge in [-0.05, 0) is 43.5 Å². The third-order valence-corrected chi connectivity index (χ3v) is 4.87. The fourth-order valence-corrected chi connectivity index (χ4v) is 3.71. The molecule has 1 aromatic carbocycles. The summed E-state index contributed by atoms with van der Waals surface area (Å²) in [7, 11) is 0. The number of aromatic nitrogens is 2. The number of ether oxygens (including phenoxy) is 1. The highest BCUT2D eigenvalue weighted by atomic mass is 35.5. The lowest BCUT2D eigenvalue weighted by atomic mass is 10.1. The Morgan fingerprint density at radius 1 is 1.35 bits per heavy atom. The zero-order valence-electron chi connectivity index (χ0n) is 10.7. The van der Waals surface area contributed by atoms with E-state index in [1.165, 1.54) is 18.9 Å². The van der Waals surface area contributed by atoms with Gasteiger partial charge in [0, 0.05) is 12.7 Å². The predicted molar refractivity (Wildman–Crippen MR) is 78.2 cm³/mol. The summed E-state index contributed by atoms with van der Waals surface area (Å²) >= 11 is 11.3. The van der Waals surface area contributed by atoms with Crippen LogP contribution in [-0.2, 0) is 4.74 Å². The van der Waals surface area contributed by atoms with Crippen LogP contribution in [0, 0.1) is 16.5 Å². The molecule has 4 rings (SSSR count). The third-order valence-electron chi connectivity index (χ3n) is 4.28. The van der Waals surface area contributed by atoms with Gasteiger partial charge in [-0.3, -0.25) is 0 Å². The Labute approximate surface area is 125 Å². The molecule has 1 saturated carbocycles. The quantitative estimate of drug-likeness (QED) is 0.841. The molecule has 3 nitrogen and oxygen atoms in total. The second-order valence-corrected chi connectivity index (χ2v) is 6.41. The first-order valence-electron chi connectivity index (χ1n) is 6.86. The maximum atomic E-state index is 13.8. The summed E-state index contributed by atoms with van der Waals surface area (Å²) in [6.45, 7) is 0.746. The molecule has 2 aliphatic rings. The fraction of sp³-hybridized carbons (Fsp3) is 0.500. The van der Waals surface area contributed by atoms with E-state index in [4.69, 9.17) is 28.6 Å². The molecule has 2 heterocycles. The number of fused-ring (bicyclic) bond motifs is 1. The molecular formula is C14H14ClFN2OS. The zero-order valence-corrected chi connectivity index (χ0v) is 12.3. The van der Waals surface area contributed by atoms with Gasteiger partial charge in [0.15, 0.2) is 4.77 Å². The van der Waals surface area contributed by atoms with Crippen molar-refractivity contribution in [2.45, 2.75) is 31.4 Å². The van der Waals surface area contributed by atoms with E-state index >= 15 is 0 Å². The monoisotopic (exact) mass is 312 g/mol. The molecule has 1 aliphatic heterocycles. The Hall–Kier alpha value is -0.910. The minimum absolute atomic E-state index is 0.113. The standard InChI is InChI=1S/C14H14ClFN2OS/c15-8-5-10-12(6-9(8)16)18(14(20)17-10)11-3-4-19-13(11)7-1-2-7/h5-7,11,13H,1-4H2,(H,17,20). The fourth-order valence-electron chi connectivity index (χ4n) is 3.20. The number of imidazole rings is 1. The molecule has 1 aliphatic carbocycles. The maximum Gasteiger partial charge on any atom is 0.178 e. The van der Waals surface area contributed by atoms with E-state index < -0.39 is 5.82 Å². The van der Waals surface area contributed by atoms with Gasteiger partial charge in [0.2, 0.25) is 0 Å². The van der Waals surface area contributed by atoms with Crippen LogP contribution in [-0.4, -0.2) is 22.3 Å². The molecule has 1 aromatic heterocycles. The number of aromatic amines is 1. The summed E-state index contributed by atoms with van der Waals surface area (Å²) < 4.78 is 22.3. The highest BCUT2D eigenvalue weighted by Crippen LogP contribution is 2.44. The van der Waals surface area contributed by atoms with E-state index in [-0.39, 0.29) is 17.2 Å². The second-order valence-electron chi connectivity index (χ2n) is 5.61. The van der Waals surface area contributed by atoms with Crippen molar-refractivity contribution in [3.8, 4) is 0 Å². The average Bonchev–Trinajstić information content (AvgIpc) is 3.06. The highest BCUT2D eigenvalue weighted by Gasteiger charge is 2.42. The molecule has 1 saturated heterocycles. The van der Waals surface area contributed by atoms with E-state index in [2.05, 4.69) is 4.98 Å². The van der Waals surface area contributed by atoms with Gasteiger partial charge >= 0.3 is 0 Å². The Kier molecular flexibility index (Phi) is 2.91. The zero-order chi connectivity index (χ0) is 13.9. The molecule has 2 atom stereocenters. The maximum absolute atomic E-state index is 13.8. The molecule has 20 heavy (non-hydrogen) atoms. The molecular weight excluding hydrogens is 299 g/mol. The Morgan fingerprint density at radius 3 is 2.90 bits per heavy atom. The summed E-state index contributed by atoms with van der Waals surface area (Å²) in [6.07, 6.45) is 3.57. The van der Waals surface area contributed by atoms with E-state index in [1.54, 1.807) is 6.07 Å². The Bertz CT molecular complexity index is 737. The van der Waals surface area contributed by atoms with Crippen LogP contribution in [0.2, 0.25) is 5.02 Å². The van der Waals surface area contributed by atoms with Crippen molar-refractivity contribution in [2.24, 2.45) is 5.92 Å². The van der Waals surface area contributed by atoms with Crippen LogP contribution in [0.3, 0.4) is 0 Å². The van der Waals surface area contributed by atoms with Crippen molar-refractivity contribution in [2.75, 3.05) is 6.61 Å². The molecule has 106 valence electrons. The molecule has 6 heteroatoms. The molecule has 0 radical (unpaired) electrons. The van der Waals surface area contributed by atoms with Gasteiger partial charge in [-0.2, -0.15) is 0 Å². The lowest BCUT2D eigenvalue weighted by molar-refractivity contribution is 0.0756. The van der Waals surface area contributed by atoms with Crippen LogP contribution in [0.5, 0.6) is 0 Å². The van der Waals surface area contributed by atoms with Crippen molar-refractivity contribution in [3.05, 3.63) is 27.7 Å². The van der Waals surface area contributed by atoms with Crippen molar-refractivity contribution in [1.29, 1.82) is 0 Å². The molecule has 2 aromatic rings. The first-order valence-corrected chi connectivity index (χ1v) is 7.64. The van der Waals surface area contributed by atoms with Crippen molar-refractivity contribution in [1.82, 2.24) is 9.55 Å². The van der Waals surface area contributed by atoms with E-state index in [1.807, 2.05) is 4.57 Å². The van der Waals surface area contributed by atoms with E-state index in [9.17, 15) is 4.39 Å². The lowest BCUT2D eigenvalue weighted by Crippen LogP contribution is -2.22. The average molecular weight is 313 g/mol. The minimum atomic E-state index is -0.413. The van der Waals surface area contributed by atoms with Gasteiger partial charge in [-0.25, -0.2) is 4.39 Å². The number of hydrogen-bond donors (Lipinski definition) is 1. The van der Waals surface area contributed by atoms with Gasteiger partial charge in [-0.1, -0.05) is 11.6 Å². The lowest BCUT2D eigenvalue weighted by Gasteiger charge is -2.20. The van der Waals surface area contributed by atoms with Crippen LogP contribution in [0.4, 0.5) is 4.39 Å². The SMILES string of the molecule is Fc1cc2c(cc1Cl)[nH]c(=S)n2C1CCOC1C1CC1. The summed E-state index contributed by atoms with van der Waals surface area (Å²) in [6, 6.07) is 3.26. The molecule has 0 spiro atoms. The molecule has 1 N–H and O–H groups in total. The number of hydrogen-bond acceptors (Lipinski definition) is 2. The highest BCUT2D eigenvalue weighted by molar-refractivity contribution is 7.71. The van der Waals surface area contributed by atoms with Gasteiger partial charge in [0.05, 0.1) is 28.2 Å². The Balaban J connectivity index is 1.88. The number of H-pyrrole nitrogens is 1. The number of halogens is 2. The molecule has 0 amide bonds. The number of benzene rings is 1. The van der Waals surface area contributed by atoms with Crippen LogP contribution in [0.1, 0.15) is 25.3 Å².